The van der Waals surface area contributed by atoms with Gasteiger partial charge in [0.2, 0.25) is 0 Å². The molecule has 0 aliphatic rings. The Morgan fingerprint density at radius 1 is 1.12 bits per heavy atom. The molecule has 26 heavy (non-hydrogen) atoms. The van der Waals surface area contributed by atoms with Crippen molar-refractivity contribution in [3.8, 4) is 5.75 Å². The molecule has 1 aromatic heterocycles. The molecule has 0 saturated heterocycles. The summed E-state index contributed by atoms with van der Waals surface area (Å²) >= 11 is 11.8. The highest BCUT2D eigenvalue weighted by Gasteiger charge is 2.09. The van der Waals surface area contributed by atoms with E-state index in [1.807, 2.05) is 6.07 Å². The van der Waals surface area contributed by atoms with Gasteiger partial charge in [0.15, 0.2) is 6.61 Å². The molecule has 1 heterocycles. The van der Waals surface area contributed by atoms with Gasteiger partial charge in [0.1, 0.15) is 5.75 Å². The van der Waals surface area contributed by atoms with Crippen LogP contribution < -0.4 is 10.1 Å². The molecular formula is C16H12Cl2N4O4. The number of benzene rings is 2. The van der Waals surface area contributed by atoms with E-state index in [1.54, 1.807) is 12.1 Å². The molecule has 0 aliphatic heterocycles. The van der Waals surface area contributed by atoms with Gasteiger partial charge in [-0.15, -0.1) is 5.10 Å². The Morgan fingerprint density at radius 2 is 1.88 bits per heavy atom. The molecule has 134 valence electrons. The third-order valence-corrected chi connectivity index (χ3v) is 4.04. The fourth-order valence-electron chi connectivity index (χ4n) is 2.02. The Morgan fingerprint density at radius 3 is 2.58 bits per heavy atom. The summed E-state index contributed by atoms with van der Waals surface area (Å²) in [5, 5.41) is 22.3. The average Bonchev–Trinajstić information content (AvgIpc) is 3.09. The summed E-state index contributed by atoms with van der Waals surface area (Å²) in [6.45, 7) is 0.473. The van der Waals surface area contributed by atoms with Crippen LogP contribution in [-0.4, -0.2) is 15.1 Å². The summed E-state index contributed by atoms with van der Waals surface area (Å²) in [6, 6.07) is 11.2. The smallest absolute Gasteiger partial charge is 0.315 e. The highest BCUT2D eigenvalue weighted by atomic mass is 35.5. The number of nitrogens with one attached hydrogen (secondary N) is 1. The summed E-state index contributed by atoms with van der Waals surface area (Å²) < 4.78 is 10.9. The summed E-state index contributed by atoms with van der Waals surface area (Å²) in [4.78, 5) is 10.1. The largest absolute Gasteiger partial charge is 0.484 e. The topological polar surface area (TPSA) is 103 Å². The van der Waals surface area contributed by atoms with Crippen LogP contribution in [0.5, 0.6) is 5.75 Å². The molecule has 2 aromatic carbocycles. The van der Waals surface area contributed by atoms with E-state index in [0.717, 1.165) is 5.56 Å². The van der Waals surface area contributed by atoms with Gasteiger partial charge in [-0.1, -0.05) is 34.4 Å². The predicted molar refractivity (Wildman–Crippen MR) is 95.5 cm³/mol. The maximum Gasteiger partial charge on any atom is 0.315 e. The first-order chi connectivity index (χ1) is 12.5. The molecule has 1 N–H and O–H groups in total. The van der Waals surface area contributed by atoms with Crippen LogP contribution in [0.25, 0.3) is 0 Å². The molecule has 0 amide bonds. The highest BCUT2D eigenvalue weighted by molar-refractivity contribution is 6.42. The minimum absolute atomic E-state index is 0.0103. The van der Waals surface area contributed by atoms with Gasteiger partial charge < -0.3 is 14.5 Å². The number of nitro benzene ring substituents is 1. The number of rotatable bonds is 7. The SMILES string of the molecule is O=[N+]([O-])c1ccc(OCc2nnc(NCc3ccc(Cl)c(Cl)c3)o2)cc1. The number of non-ortho nitro benzene ring substituents is 1. The summed E-state index contributed by atoms with van der Waals surface area (Å²) in [7, 11) is 0. The maximum absolute atomic E-state index is 10.6. The first kappa shape index (κ1) is 18.0. The quantitative estimate of drug-likeness (QED) is 0.465. The van der Waals surface area contributed by atoms with Gasteiger partial charge in [0.25, 0.3) is 11.6 Å². The van der Waals surface area contributed by atoms with Crippen LogP contribution in [0.2, 0.25) is 10.0 Å². The van der Waals surface area contributed by atoms with E-state index < -0.39 is 4.92 Å². The molecule has 3 rings (SSSR count). The lowest BCUT2D eigenvalue weighted by molar-refractivity contribution is -0.384. The minimum atomic E-state index is -0.479. The molecule has 0 radical (unpaired) electrons. The predicted octanol–water partition coefficient (Wildman–Crippen LogP) is 4.48. The van der Waals surface area contributed by atoms with E-state index in [1.165, 1.54) is 24.3 Å². The van der Waals surface area contributed by atoms with Crippen molar-refractivity contribution in [2.75, 3.05) is 5.32 Å². The highest BCUT2D eigenvalue weighted by Crippen LogP contribution is 2.23. The molecule has 0 unspecified atom stereocenters. The number of anilines is 1. The van der Waals surface area contributed by atoms with Crippen LogP contribution in [0.15, 0.2) is 46.9 Å². The Balaban J connectivity index is 1.52. The zero-order valence-corrected chi connectivity index (χ0v) is 14.7. The maximum atomic E-state index is 10.6. The van der Waals surface area contributed by atoms with E-state index in [2.05, 4.69) is 15.5 Å². The molecule has 0 spiro atoms. The Bertz CT molecular complexity index is 915. The van der Waals surface area contributed by atoms with Gasteiger partial charge in [-0.3, -0.25) is 10.1 Å². The summed E-state index contributed by atoms with van der Waals surface area (Å²) in [6.07, 6.45) is 0. The van der Waals surface area contributed by atoms with Gasteiger partial charge >= 0.3 is 6.01 Å². The fraction of sp³-hybridized carbons (Fsp3) is 0.125. The van der Waals surface area contributed by atoms with Gasteiger partial charge in [-0.05, 0) is 29.8 Å². The molecular weight excluding hydrogens is 383 g/mol. The van der Waals surface area contributed by atoms with Crippen molar-refractivity contribution in [3.05, 3.63) is 74.1 Å². The molecule has 0 fully saturated rings. The van der Waals surface area contributed by atoms with Crippen LogP contribution in [0, 0.1) is 10.1 Å². The number of halogens is 2. The lowest BCUT2D eigenvalue weighted by Crippen LogP contribution is -1.99. The second-order valence-corrected chi connectivity index (χ2v) is 5.96. The Hall–Kier alpha value is -2.84. The first-order valence-corrected chi connectivity index (χ1v) is 8.14. The third kappa shape index (κ3) is 4.62. The second kappa shape index (κ2) is 8.03. The van der Waals surface area contributed by atoms with E-state index >= 15 is 0 Å². The van der Waals surface area contributed by atoms with Crippen LogP contribution in [-0.2, 0) is 13.2 Å². The van der Waals surface area contributed by atoms with Gasteiger partial charge in [-0.2, -0.15) is 0 Å². The number of hydrogen-bond donors (Lipinski definition) is 1. The number of ether oxygens (including phenoxy) is 1. The van der Waals surface area contributed by atoms with Crippen LogP contribution in [0.4, 0.5) is 11.7 Å². The van der Waals surface area contributed by atoms with Crippen molar-refractivity contribution in [3.63, 3.8) is 0 Å². The zero-order chi connectivity index (χ0) is 18.5. The van der Waals surface area contributed by atoms with E-state index in [-0.39, 0.29) is 24.2 Å². The standard InChI is InChI=1S/C16H12Cl2N4O4/c17-13-6-1-10(7-14(13)18)8-19-16-21-20-15(26-16)9-25-12-4-2-11(3-5-12)22(23)24/h1-7H,8-9H2,(H,19,21). The second-order valence-electron chi connectivity index (χ2n) is 5.14. The number of nitrogens with zero attached hydrogens (tertiary/aromatic N) is 3. The molecule has 3 aromatic rings. The number of hydrogen-bond acceptors (Lipinski definition) is 7. The van der Waals surface area contributed by atoms with Crippen LogP contribution in [0.1, 0.15) is 11.5 Å². The molecule has 0 atom stereocenters. The van der Waals surface area contributed by atoms with Crippen molar-refractivity contribution in [2.45, 2.75) is 13.2 Å². The summed E-state index contributed by atoms with van der Waals surface area (Å²) in [5.41, 5.74) is 0.894. The first-order valence-electron chi connectivity index (χ1n) is 7.39. The Kier molecular flexibility index (Phi) is 5.55. The van der Waals surface area contributed by atoms with Crippen LogP contribution in [0.3, 0.4) is 0 Å². The van der Waals surface area contributed by atoms with Gasteiger partial charge in [-0.25, -0.2) is 0 Å². The third-order valence-electron chi connectivity index (χ3n) is 3.30. The van der Waals surface area contributed by atoms with Gasteiger partial charge in [0.05, 0.1) is 15.0 Å². The average molecular weight is 395 g/mol. The molecule has 0 bridgehead atoms. The lowest BCUT2D eigenvalue weighted by Gasteiger charge is -2.04. The van der Waals surface area contributed by atoms with E-state index in [4.69, 9.17) is 32.4 Å². The van der Waals surface area contributed by atoms with Crippen LogP contribution >= 0.6 is 23.2 Å². The van der Waals surface area contributed by atoms with E-state index in [9.17, 15) is 10.1 Å². The Labute approximate surface area is 157 Å². The zero-order valence-electron chi connectivity index (χ0n) is 13.2. The fourth-order valence-corrected chi connectivity index (χ4v) is 2.34. The number of nitro groups is 1. The van der Waals surface area contributed by atoms with E-state index in [0.29, 0.717) is 22.3 Å². The molecule has 0 saturated carbocycles. The summed E-state index contributed by atoms with van der Waals surface area (Å²) in [5.74, 6) is 0.721. The lowest BCUT2D eigenvalue weighted by atomic mass is 10.2. The normalized spacial score (nSPS) is 10.5. The van der Waals surface area contributed by atoms with Crippen molar-refractivity contribution >= 4 is 34.9 Å². The van der Waals surface area contributed by atoms with Crippen molar-refractivity contribution in [1.29, 1.82) is 0 Å². The minimum Gasteiger partial charge on any atom is -0.484 e. The monoisotopic (exact) mass is 394 g/mol. The van der Waals surface area contributed by atoms with Crippen molar-refractivity contribution in [1.82, 2.24) is 10.2 Å². The number of aromatic nitrogens is 2. The van der Waals surface area contributed by atoms with Crippen molar-refractivity contribution in [2.24, 2.45) is 0 Å². The van der Waals surface area contributed by atoms with Crippen molar-refractivity contribution < 1.29 is 14.1 Å². The molecule has 10 heteroatoms. The van der Waals surface area contributed by atoms with Gasteiger partial charge in [0, 0.05) is 18.7 Å². The molecule has 0 aliphatic carbocycles. The molecule has 8 nitrogen and oxygen atoms in total.